The number of rotatable bonds is 6. The van der Waals surface area contributed by atoms with Crippen molar-refractivity contribution in [3.63, 3.8) is 0 Å². The summed E-state index contributed by atoms with van der Waals surface area (Å²) in [6, 6.07) is 13.7. The molecule has 0 aliphatic rings. The maximum atomic E-state index is 12.5. The quantitative estimate of drug-likeness (QED) is 0.800. The summed E-state index contributed by atoms with van der Waals surface area (Å²) in [5, 5.41) is 3.11. The molecule has 3 nitrogen and oxygen atoms in total. The number of alkyl halides is 2. The molecule has 0 aliphatic carbocycles. The molecule has 0 atom stereocenters. The van der Waals surface area contributed by atoms with E-state index in [2.05, 4.69) is 5.32 Å². The molecule has 0 fully saturated rings. The SMILES string of the molecule is NC(=O)c1ccc(CNc2ccccc2SC(F)F)cc1. The van der Waals surface area contributed by atoms with E-state index in [1.54, 1.807) is 48.5 Å². The molecule has 21 heavy (non-hydrogen) atoms. The average Bonchev–Trinajstić information content (AvgIpc) is 2.46. The fourth-order valence-electron chi connectivity index (χ4n) is 1.80. The highest BCUT2D eigenvalue weighted by Crippen LogP contribution is 2.31. The standard InChI is InChI=1S/C15H14F2N2OS/c16-15(17)21-13-4-2-1-3-12(13)19-9-10-5-7-11(8-6-10)14(18)20/h1-8,15,19H,9H2,(H2,18,20). The Morgan fingerprint density at radius 3 is 2.43 bits per heavy atom. The first kappa shape index (κ1) is 15.3. The van der Waals surface area contributed by atoms with Crippen LogP contribution >= 0.6 is 11.8 Å². The van der Waals surface area contributed by atoms with Crippen molar-refractivity contribution in [2.75, 3.05) is 5.32 Å². The number of amides is 1. The third kappa shape index (κ3) is 4.46. The molecule has 110 valence electrons. The van der Waals surface area contributed by atoms with Crippen LogP contribution in [0, 0.1) is 0 Å². The summed E-state index contributed by atoms with van der Waals surface area (Å²) in [7, 11) is 0. The molecule has 0 aromatic heterocycles. The Morgan fingerprint density at radius 2 is 1.81 bits per heavy atom. The zero-order chi connectivity index (χ0) is 15.2. The van der Waals surface area contributed by atoms with Gasteiger partial charge in [0.05, 0.1) is 0 Å². The van der Waals surface area contributed by atoms with Gasteiger partial charge in [-0.25, -0.2) is 0 Å². The number of carbonyl (C=O) groups excluding carboxylic acids is 1. The molecule has 2 aromatic carbocycles. The zero-order valence-corrected chi connectivity index (χ0v) is 11.9. The number of nitrogens with two attached hydrogens (primary N) is 1. The lowest BCUT2D eigenvalue weighted by molar-refractivity contribution is 0.100. The highest BCUT2D eigenvalue weighted by molar-refractivity contribution is 7.99. The number of hydrogen-bond donors (Lipinski definition) is 2. The Hall–Kier alpha value is -2.08. The second-order valence-corrected chi connectivity index (χ2v) is 5.32. The van der Waals surface area contributed by atoms with Gasteiger partial charge in [-0.1, -0.05) is 36.0 Å². The van der Waals surface area contributed by atoms with Crippen molar-refractivity contribution < 1.29 is 13.6 Å². The smallest absolute Gasteiger partial charge is 0.288 e. The first-order valence-electron chi connectivity index (χ1n) is 6.22. The van der Waals surface area contributed by atoms with Crippen LogP contribution in [0.2, 0.25) is 0 Å². The van der Waals surface area contributed by atoms with Gasteiger partial charge in [0.1, 0.15) is 0 Å². The van der Waals surface area contributed by atoms with Gasteiger partial charge in [-0.2, -0.15) is 8.78 Å². The van der Waals surface area contributed by atoms with E-state index in [1.165, 1.54) is 0 Å². The number of carbonyl (C=O) groups is 1. The molecule has 3 N–H and O–H groups in total. The normalized spacial score (nSPS) is 10.6. The lowest BCUT2D eigenvalue weighted by Crippen LogP contribution is -2.10. The molecule has 0 radical (unpaired) electrons. The van der Waals surface area contributed by atoms with Gasteiger partial charge in [0, 0.05) is 22.7 Å². The van der Waals surface area contributed by atoms with Gasteiger partial charge in [-0.15, -0.1) is 0 Å². The highest BCUT2D eigenvalue weighted by Gasteiger charge is 2.09. The summed E-state index contributed by atoms with van der Waals surface area (Å²) < 4.78 is 25.0. The van der Waals surface area contributed by atoms with Gasteiger partial charge in [0.15, 0.2) is 0 Å². The highest BCUT2D eigenvalue weighted by atomic mass is 32.2. The van der Waals surface area contributed by atoms with E-state index >= 15 is 0 Å². The summed E-state index contributed by atoms with van der Waals surface area (Å²) in [5.74, 6) is -2.93. The monoisotopic (exact) mass is 308 g/mol. The molecule has 2 aromatic rings. The maximum Gasteiger partial charge on any atom is 0.288 e. The number of anilines is 1. The van der Waals surface area contributed by atoms with Crippen molar-refractivity contribution in [1.29, 1.82) is 0 Å². The third-order valence-electron chi connectivity index (χ3n) is 2.82. The molecular formula is C15H14F2N2OS. The number of thioether (sulfide) groups is 1. The van der Waals surface area contributed by atoms with E-state index < -0.39 is 11.7 Å². The number of hydrogen-bond acceptors (Lipinski definition) is 3. The van der Waals surface area contributed by atoms with Gasteiger partial charge >= 0.3 is 0 Å². The molecule has 6 heteroatoms. The largest absolute Gasteiger partial charge is 0.380 e. The van der Waals surface area contributed by atoms with Crippen LogP contribution in [-0.2, 0) is 6.54 Å². The van der Waals surface area contributed by atoms with Crippen molar-refractivity contribution in [3.8, 4) is 0 Å². The van der Waals surface area contributed by atoms with E-state index in [-0.39, 0.29) is 0 Å². The van der Waals surface area contributed by atoms with E-state index in [0.29, 0.717) is 34.5 Å². The maximum absolute atomic E-state index is 12.5. The topological polar surface area (TPSA) is 55.1 Å². The third-order valence-corrected chi connectivity index (χ3v) is 3.61. The molecule has 2 rings (SSSR count). The lowest BCUT2D eigenvalue weighted by Gasteiger charge is -2.11. The van der Waals surface area contributed by atoms with Crippen LogP contribution in [0.4, 0.5) is 14.5 Å². The molecule has 0 saturated carbocycles. The van der Waals surface area contributed by atoms with E-state index in [9.17, 15) is 13.6 Å². The van der Waals surface area contributed by atoms with Gasteiger partial charge in [0.2, 0.25) is 5.91 Å². The number of benzene rings is 2. The van der Waals surface area contributed by atoms with Crippen molar-refractivity contribution in [2.45, 2.75) is 17.2 Å². The molecule has 1 amide bonds. The average molecular weight is 308 g/mol. The molecule has 0 aliphatic heterocycles. The van der Waals surface area contributed by atoms with Crippen LogP contribution in [0.25, 0.3) is 0 Å². The summed E-state index contributed by atoms with van der Waals surface area (Å²) in [5.41, 5.74) is 7.19. The Bertz CT molecular complexity index is 617. The minimum atomic E-state index is -2.46. The minimum Gasteiger partial charge on any atom is -0.380 e. The second-order valence-electron chi connectivity index (χ2n) is 4.29. The molecular weight excluding hydrogens is 294 g/mol. The van der Waals surface area contributed by atoms with Crippen LogP contribution in [-0.4, -0.2) is 11.7 Å². The van der Waals surface area contributed by atoms with E-state index in [0.717, 1.165) is 5.56 Å². The summed E-state index contributed by atoms with van der Waals surface area (Å²) in [6.45, 7) is 0.472. The van der Waals surface area contributed by atoms with Crippen LogP contribution in [0.3, 0.4) is 0 Å². The fourth-order valence-corrected chi connectivity index (χ4v) is 2.41. The van der Waals surface area contributed by atoms with Gasteiger partial charge in [-0.05, 0) is 29.8 Å². The Morgan fingerprint density at radius 1 is 1.14 bits per heavy atom. The van der Waals surface area contributed by atoms with Crippen molar-refractivity contribution in [2.24, 2.45) is 5.73 Å². The van der Waals surface area contributed by atoms with Gasteiger partial charge in [-0.3, -0.25) is 4.79 Å². The Labute approximate surface area is 125 Å². The molecule has 0 unspecified atom stereocenters. The predicted octanol–water partition coefficient (Wildman–Crippen LogP) is 3.71. The summed E-state index contributed by atoms with van der Waals surface area (Å²) in [6.07, 6.45) is 0. The second kappa shape index (κ2) is 7.08. The molecule has 0 bridgehead atoms. The Balaban J connectivity index is 2.04. The molecule has 0 spiro atoms. The summed E-state index contributed by atoms with van der Waals surface area (Å²) >= 11 is 0.510. The number of para-hydroxylation sites is 1. The van der Waals surface area contributed by atoms with Crippen LogP contribution in [0.15, 0.2) is 53.4 Å². The predicted molar refractivity (Wildman–Crippen MR) is 80.6 cm³/mol. The van der Waals surface area contributed by atoms with Crippen molar-refractivity contribution >= 4 is 23.4 Å². The first-order valence-corrected chi connectivity index (χ1v) is 7.10. The van der Waals surface area contributed by atoms with Crippen LogP contribution in [0.1, 0.15) is 15.9 Å². The lowest BCUT2D eigenvalue weighted by atomic mass is 10.1. The van der Waals surface area contributed by atoms with Gasteiger partial charge < -0.3 is 11.1 Å². The minimum absolute atomic E-state index is 0.437. The first-order chi connectivity index (χ1) is 10.1. The van der Waals surface area contributed by atoms with E-state index in [4.69, 9.17) is 5.73 Å². The van der Waals surface area contributed by atoms with Crippen molar-refractivity contribution in [1.82, 2.24) is 0 Å². The van der Waals surface area contributed by atoms with Crippen molar-refractivity contribution in [3.05, 3.63) is 59.7 Å². The molecule has 0 saturated heterocycles. The fraction of sp³-hybridized carbons (Fsp3) is 0.133. The number of primary amides is 1. The zero-order valence-electron chi connectivity index (χ0n) is 11.1. The van der Waals surface area contributed by atoms with Gasteiger partial charge in [0.25, 0.3) is 5.76 Å². The van der Waals surface area contributed by atoms with Crippen LogP contribution in [0.5, 0.6) is 0 Å². The Kier molecular flexibility index (Phi) is 5.16. The van der Waals surface area contributed by atoms with Crippen LogP contribution < -0.4 is 11.1 Å². The number of nitrogens with one attached hydrogen (secondary N) is 1. The molecule has 0 heterocycles. The number of halogens is 2. The van der Waals surface area contributed by atoms with E-state index in [1.807, 2.05) is 0 Å². The summed E-state index contributed by atoms with van der Waals surface area (Å²) in [4.78, 5) is 11.5.